The molecule has 1 N–H and O–H groups in total. The summed E-state index contributed by atoms with van der Waals surface area (Å²) in [5.74, 6) is 0.553. The van der Waals surface area contributed by atoms with E-state index in [4.69, 9.17) is 4.74 Å². The van der Waals surface area contributed by atoms with Crippen molar-refractivity contribution >= 4 is 11.8 Å². The van der Waals surface area contributed by atoms with Crippen molar-refractivity contribution in [1.29, 1.82) is 0 Å². The predicted octanol–water partition coefficient (Wildman–Crippen LogP) is 5.09. The molecule has 184 valence electrons. The van der Waals surface area contributed by atoms with Crippen LogP contribution in [0.2, 0.25) is 0 Å². The molecule has 0 saturated heterocycles. The Hall–Kier alpha value is -3.60. The van der Waals surface area contributed by atoms with Crippen molar-refractivity contribution < 1.29 is 14.3 Å². The third kappa shape index (κ3) is 8.29. The molecule has 3 aromatic carbocycles. The standard InChI is InChI=1S/C30H36N2O3/c1-22(2)19-31-30(34)28(18-25-10-6-5-7-11-25)32(20-26-12-8-9-24(4)17-26)29(33)21-35-27-15-13-23(3)14-16-27/h5-17,22,28H,18-21H2,1-4H3,(H,31,34)/t28-/m0/s1. The maximum Gasteiger partial charge on any atom is 0.261 e. The first kappa shape index (κ1) is 26.0. The first-order valence-corrected chi connectivity index (χ1v) is 12.2. The molecule has 3 rings (SSSR count). The van der Waals surface area contributed by atoms with Gasteiger partial charge in [0.25, 0.3) is 5.91 Å². The molecule has 0 spiro atoms. The summed E-state index contributed by atoms with van der Waals surface area (Å²) in [7, 11) is 0. The van der Waals surface area contributed by atoms with Crippen LogP contribution in [0.25, 0.3) is 0 Å². The van der Waals surface area contributed by atoms with Crippen LogP contribution in [0.4, 0.5) is 0 Å². The number of carbonyl (C=O) groups excluding carboxylic acids is 2. The zero-order chi connectivity index (χ0) is 25.2. The summed E-state index contributed by atoms with van der Waals surface area (Å²) in [6, 6.07) is 24.8. The molecular weight excluding hydrogens is 436 g/mol. The van der Waals surface area contributed by atoms with Crippen molar-refractivity contribution in [3.05, 3.63) is 101 Å². The van der Waals surface area contributed by atoms with Gasteiger partial charge in [-0.1, -0.05) is 91.7 Å². The fourth-order valence-corrected chi connectivity index (χ4v) is 3.85. The fraction of sp³-hybridized carbons (Fsp3) is 0.333. The van der Waals surface area contributed by atoms with Crippen LogP contribution in [0.5, 0.6) is 5.75 Å². The second-order valence-electron chi connectivity index (χ2n) is 9.46. The van der Waals surface area contributed by atoms with E-state index in [1.165, 1.54) is 0 Å². The molecule has 0 aromatic heterocycles. The van der Waals surface area contributed by atoms with Crippen LogP contribution in [0.1, 0.15) is 36.1 Å². The Kier molecular flexibility index (Phi) is 9.47. The molecule has 0 saturated carbocycles. The number of ether oxygens (including phenoxy) is 1. The Morgan fingerprint density at radius 1 is 0.857 bits per heavy atom. The van der Waals surface area contributed by atoms with E-state index >= 15 is 0 Å². The number of benzene rings is 3. The second kappa shape index (κ2) is 12.7. The Bertz CT molecular complexity index is 1090. The molecule has 0 aliphatic rings. The first-order valence-electron chi connectivity index (χ1n) is 12.2. The summed E-state index contributed by atoms with van der Waals surface area (Å²) < 4.78 is 5.82. The lowest BCUT2D eigenvalue weighted by atomic mass is 10.0. The van der Waals surface area contributed by atoms with Gasteiger partial charge in [-0.25, -0.2) is 0 Å². The minimum Gasteiger partial charge on any atom is -0.484 e. The first-order chi connectivity index (χ1) is 16.8. The number of hydrogen-bond acceptors (Lipinski definition) is 3. The van der Waals surface area contributed by atoms with Crippen LogP contribution < -0.4 is 10.1 Å². The van der Waals surface area contributed by atoms with E-state index < -0.39 is 6.04 Å². The molecule has 1 atom stereocenters. The van der Waals surface area contributed by atoms with Crippen LogP contribution >= 0.6 is 0 Å². The Morgan fingerprint density at radius 2 is 1.54 bits per heavy atom. The van der Waals surface area contributed by atoms with Gasteiger partial charge in [-0.3, -0.25) is 9.59 Å². The van der Waals surface area contributed by atoms with Gasteiger partial charge in [-0.2, -0.15) is 0 Å². The van der Waals surface area contributed by atoms with E-state index in [1.54, 1.807) is 4.90 Å². The zero-order valence-electron chi connectivity index (χ0n) is 21.2. The van der Waals surface area contributed by atoms with Gasteiger partial charge in [0, 0.05) is 19.5 Å². The fourth-order valence-electron chi connectivity index (χ4n) is 3.85. The average molecular weight is 473 g/mol. The van der Waals surface area contributed by atoms with E-state index in [0.29, 0.717) is 31.2 Å². The van der Waals surface area contributed by atoms with Crippen molar-refractivity contribution in [2.75, 3.05) is 13.2 Å². The van der Waals surface area contributed by atoms with E-state index in [1.807, 2.05) is 92.7 Å². The Labute approximate surface area is 209 Å². The van der Waals surface area contributed by atoms with E-state index in [2.05, 4.69) is 19.2 Å². The highest BCUT2D eigenvalue weighted by molar-refractivity contribution is 5.88. The number of rotatable bonds is 11. The highest BCUT2D eigenvalue weighted by Crippen LogP contribution is 2.17. The van der Waals surface area contributed by atoms with Gasteiger partial charge in [-0.05, 0) is 43.0 Å². The molecule has 5 heteroatoms. The minimum absolute atomic E-state index is 0.141. The van der Waals surface area contributed by atoms with E-state index in [-0.39, 0.29) is 18.4 Å². The van der Waals surface area contributed by atoms with Crippen LogP contribution in [0.15, 0.2) is 78.9 Å². The molecule has 0 heterocycles. The molecule has 0 unspecified atom stereocenters. The summed E-state index contributed by atoms with van der Waals surface area (Å²) in [4.78, 5) is 28.6. The Balaban J connectivity index is 1.89. The lowest BCUT2D eigenvalue weighted by Crippen LogP contribution is -2.52. The van der Waals surface area contributed by atoms with Crippen LogP contribution in [-0.4, -0.2) is 35.9 Å². The summed E-state index contributed by atoms with van der Waals surface area (Å²) in [6.07, 6.45) is 0.423. The quantitative estimate of drug-likeness (QED) is 0.423. The largest absolute Gasteiger partial charge is 0.484 e. The van der Waals surface area contributed by atoms with Crippen LogP contribution in [0, 0.1) is 19.8 Å². The number of nitrogens with one attached hydrogen (secondary N) is 1. The normalized spacial score (nSPS) is 11.7. The lowest BCUT2D eigenvalue weighted by Gasteiger charge is -2.31. The SMILES string of the molecule is Cc1ccc(OCC(=O)N(Cc2cccc(C)c2)[C@@H](Cc2ccccc2)C(=O)NCC(C)C)cc1. The van der Waals surface area contributed by atoms with Gasteiger partial charge in [0.1, 0.15) is 11.8 Å². The molecule has 35 heavy (non-hydrogen) atoms. The number of aryl methyl sites for hydroxylation is 2. The molecule has 3 aromatic rings. The van der Waals surface area contributed by atoms with Crippen molar-refractivity contribution in [2.45, 2.75) is 46.7 Å². The van der Waals surface area contributed by atoms with Crippen LogP contribution in [-0.2, 0) is 22.6 Å². The third-order valence-electron chi connectivity index (χ3n) is 5.77. The zero-order valence-corrected chi connectivity index (χ0v) is 21.2. The van der Waals surface area contributed by atoms with Crippen LogP contribution in [0.3, 0.4) is 0 Å². The molecule has 0 aliphatic heterocycles. The molecular formula is C30H36N2O3. The summed E-state index contributed by atoms with van der Waals surface area (Å²) in [5, 5.41) is 3.04. The Morgan fingerprint density at radius 3 is 2.20 bits per heavy atom. The van der Waals surface area contributed by atoms with E-state index in [0.717, 1.165) is 22.3 Å². The van der Waals surface area contributed by atoms with Gasteiger partial charge in [-0.15, -0.1) is 0 Å². The molecule has 0 aliphatic carbocycles. The van der Waals surface area contributed by atoms with Crippen molar-refractivity contribution in [2.24, 2.45) is 5.92 Å². The van der Waals surface area contributed by atoms with Gasteiger partial charge < -0.3 is 15.0 Å². The second-order valence-corrected chi connectivity index (χ2v) is 9.46. The molecule has 0 fully saturated rings. The highest BCUT2D eigenvalue weighted by Gasteiger charge is 2.30. The summed E-state index contributed by atoms with van der Waals surface area (Å²) >= 11 is 0. The molecule has 5 nitrogen and oxygen atoms in total. The smallest absolute Gasteiger partial charge is 0.261 e. The number of amides is 2. The van der Waals surface area contributed by atoms with Crippen molar-refractivity contribution in [3.63, 3.8) is 0 Å². The predicted molar refractivity (Wildman–Crippen MR) is 140 cm³/mol. The number of carbonyl (C=O) groups is 2. The maximum atomic E-state index is 13.6. The van der Waals surface area contributed by atoms with Crippen molar-refractivity contribution in [1.82, 2.24) is 10.2 Å². The number of hydrogen-bond donors (Lipinski definition) is 1. The molecule has 2 amide bonds. The van der Waals surface area contributed by atoms with Crippen molar-refractivity contribution in [3.8, 4) is 5.75 Å². The topological polar surface area (TPSA) is 58.6 Å². The van der Waals surface area contributed by atoms with Gasteiger partial charge in [0.05, 0.1) is 0 Å². The highest BCUT2D eigenvalue weighted by atomic mass is 16.5. The monoisotopic (exact) mass is 472 g/mol. The van der Waals surface area contributed by atoms with Gasteiger partial charge in [0.15, 0.2) is 6.61 Å². The lowest BCUT2D eigenvalue weighted by molar-refractivity contribution is -0.142. The third-order valence-corrected chi connectivity index (χ3v) is 5.77. The minimum atomic E-state index is -0.661. The summed E-state index contributed by atoms with van der Waals surface area (Å²) in [6.45, 7) is 8.86. The maximum absolute atomic E-state index is 13.6. The number of nitrogens with zero attached hydrogens (tertiary/aromatic N) is 1. The van der Waals surface area contributed by atoms with E-state index in [9.17, 15) is 9.59 Å². The van der Waals surface area contributed by atoms with Gasteiger partial charge >= 0.3 is 0 Å². The molecule has 0 bridgehead atoms. The average Bonchev–Trinajstić information content (AvgIpc) is 2.85. The molecule has 0 radical (unpaired) electrons. The summed E-state index contributed by atoms with van der Waals surface area (Å²) in [5.41, 5.74) is 4.20. The van der Waals surface area contributed by atoms with Gasteiger partial charge in [0.2, 0.25) is 5.91 Å².